The Kier molecular flexibility index (Phi) is 5.29. The van der Waals surface area contributed by atoms with Crippen molar-refractivity contribution < 1.29 is 13.9 Å². The van der Waals surface area contributed by atoms with Crippen molar-refractivity contribution in [1.29, 1.82) is 0 Å². The first kappa shape index (κ1) is 18.5. The maximum atomic E-state index is 11.6. The molecule has 0 aliphatic heterocycles. The fourth-order valence-electron chi connectivity index (χ4n) is 3.05. The molecular formula is C22H17IN2O3. The molecule has 0 fully saturated rings. The van der Waals surface area contributed by atoms with Crippen molar-refractivity contribution in [2.45, 2.75) is 6.54 Å². The fraction of sp³-hybridized carbons (Fsp3) is 0.0909. The minimum atomic E-state index is -0.478. The van der Waals surface area contributed by atoms with Gasteiger partial charge in [-0.2, -0.15) is 0 Å². The maximum absolute atomic E-state index is 11.6. The number of fused-ring (bicyclic) bond motifs is 1. The van der Waals surface area contributed by atoms with Gasteiger partial charge < -0.3 is 13.7 Å². The van der Waals surface area contributed by atoms with E-state index in [0.717, 1.165) is 25.7 Å². The van der Waals surface area contributed by atoms with Crippen molar-refractivity contribution >= 4 is 51.4 Å². The summed E-state index contributed by atoms with van der Waals surface area (Å²) in [7, 11) is 1.34. The molecule has 0 bridgehead atoms. The predicted octanol–water partition coefficient (Wildman–Crippen LogP) is 5.42. The smallest absolute Gasteiger partial charge is 0.373 e. The Balaban J connectivity index is 1.68. The molecule has 2 aromatic carbocycles. The van der Waals surface area contributed by atoms with Gasteiger partial charge in [-0.1, -0.05) is 30.3 Å². The number of halogens is 1. The number of carbonyl (C=O) groups excluding carboxylic acids is 1. The van der Waals surface area contributed by atoms with Gasteiger partial charge in [0.2, 0.25) is 5.76 Å². The van der Waals surface area contributed by atoms with Crippen LogP contribution in [0.5, 0.6) is 0 Å². The third-order valence-corrected chi connectivity index (χ3v) is 5.30. The Morgan fingerprint density at radius 2 is 1.93 bits per heavy atom. The molecule has 0 saturated heterocycles. The third kappa shape index (κ3) is 3.73. The number of aliphatic imine (C=N–C) groups is 1. The lowest BCUT2D eigenvalue weighted by molar-refractivity contribution is 0.0563. The second-order valence-electron chi connectivity index (χ2n) is 6.20. The molecule has 0 amide bonds. The lowest BCUT2D eigenvalue weighted by Crippen LogP contribution is -1.99. The van der Waals surface area contributed by atoms with Crippen LogP contribution >= 0.6 is 22.6 Å². The molecule has 0 N–H and O–H groups in total. The van der Waals surface area contributed by atoms with Gasteiger partial charge >= 0.3 is 5.97 Å². The van der Waals surface area contributed by atoms with E-state index < -0.39 is 5.97 Å². The van der Waals surface area contributed by atoms with E-state index in [1.165, 1.54) is 7.11 Å². The van der Waals surface area contributed by atoms with Crippen LogP contribution in [0.4, 0.5) is 5.69 Å². The number of esters is 1. The molecule has 0 radical (unpaired) electrons. The van der Waals surface area contributed by atoms with Crippen LogP contribution < -0.4 is 0 Å². The molecule has 2 aromatic heterocycles. The number of ether oxygens (including phenoxy) is 1. The minimum absolute atomic E-state index is 0.203. The lowest BCUT2D eigenvalue weighted by Gasteiger charge is -2.02. The minimum Gasteiger partial charge on any atom is -0.463 e. The molecule has 0 spiro atoms. The summed E-state index contributed by atoms with van der Waals surface area (Å²) in [6, 6.07) is 19.6. The first-order chi connectivity index (χ1) is 13.7. The number of furan rings is 1. The SMILES string of the molecule is COC(=O)c1ccc(Cn2cc(C=Nc3ccccc3I)c3ccccc32)o1. The van der Waals surface area contributed by atoms with E-state index >= 15 is 0 Å². The third-order valence-electron chi connectivity index (χ3n) is 4.39. The van der Waals surface area contributed by atoms with Gasteiger partial charge in [-0.25, -0.2) is 4.79 Å². The molecule has 0 aliphatic carbocycles. The van der Waals surface area contributed by atoms with Crippen molar-refractivity contribution in [3.8, 4) is 0 Å². The molecule has 2 heterocycles. The highest BCUT2D eigenvalue weighted by molar-refractivity contribution is 14.1. The number of rotatable bonds is 5. The molecule has 6 heteroatoms. The van der Waals surface area contributed by atoms with Crippen LogP contribution in [0, 0.1) is 3.57 Å². The number of aromatic nitrogens is 1. The van der Waals surface area contributed by atoms with E-state index in [1.807, 2.05) is 48.8 Å². The highest BCUT2D eigenvalue weighted by Gasteiger charge is 2.13. The van der Waals surface area contributed by atoms with Gasteiger partial charge in [-0.15, -0.1) is 0 Å². The van der Waals surface area contributed by atoms with Gasteiger partial charge in [-0.05, 0) is 52.9 Å². The number of carbonyl (C=O) groups is 1. The van der Waals surface area contributed by atoms with E-state index in [-0.39, 0.29) is 5.76 Å². The Morgan fingerprint density at radius 3 is 2.75 bits per heavy atom. The number of benzene rings is 2. The number of para-hydroxylation sites is 2. The van der Waals surface area contributed by atoms with Gasteiger partial charge in [0, 0.05) is 32.4 Å². The first-order valence-electron chi connectivity index (χ1n) is 8.69. The van der Waals surface area contributed by atoms with Crippen LogP contribution in [0.25, 0.3) is 10.9 Å². The molecule has 0 unspecified atom stereocenters. The van der Waals surface area contributed by atoms with Crippen molar-refractivity contribution in [3.05, 3.63) is 87.5 Å². The Bertz CT molecular complexity index is 1170. The molecule has 4 rings (SSSR count). The monoisotopic (exact) mass is 484 g/mol. The van der Waals surface area contributed by atoms with E-state index in [4.69, 9.17) is 9.15 Å². The van der Waals surface area contributed by atoms with Crippen LogP contribution in [0.2, 0.25) is 0 Å². The zero-order valence-electron chi connectivity index (χ0n) is 15.1. The summed E-state index contributed by atoms with van der Waals surface area (Å²) in [5.41, 5.74) is 3.03. The Morgan fingerprint density at radius 1 is 1.14 bits per heavy atom. The summed E-state index contributed by atoms with van der Waals surface area (Å²) in [6.45, 7) is 0.508. The Labute approximate surface area is 175 Å². The average molecular weight is 484 g/mol. The van der Waals surface area contributed by atoms with Gasteiger partial charge in [0.25, 0.3) is 0 Å². The molecule has 28 heavy (non-hydrogen) atoms. The van der Waals surface area contributed by atoms with Crippen molar-refractivity contribution in [2.24, 2.45) is 4.99 Å². The number of methoxy groups -OCH3 is 1. The fourth-order valence-corrected chi connectivity index (χ4v) is 3.57. The summed E-state index contributed by atoms with van der Waals surface area (Å²) in [5.74, 6) is 0.408. The van der Waals surface area contributed by atoms with Crippen LogP contribution in [0.15, 0.2) is 76.3 Å². The first-order valence-corrected chi connectivity index (χ1v) is 9.77. The normalized spacial score (nSPS) is 11.4. The molecule has 4 aromatic rings. The van der Waals surface area contributed by atoms with Crippen molar-refractivity contribution in [3.63, 3.8) is 0 Å². The summed E-state index contributed by atoms with van der Waals surface area (Å²) in [6.07, 6.45) is 3.93. The van der Waals surface area contributed by atoms with Crippen LogP contribution in [0.1, 0.15) is 21.9 Å². The van der Waals surface area contributed by atoms with E-state index in [9.17, 15) is 4.79 Å². The van der Waals surface area contributed by atoms with Gasteiger partial charge in [0.05, 0.1) is 19.3 Å². The van der Waals surface area contributed by atoms with Crippen LogP contribution in [-0.4, -0.2) is 23.9 Å². The summed E-state index contributed by atoms with van der Waals surface area (Å²) >= 11 is 2.28. The molecular weight excluding hydrogens is 467 g/mol. The highest BCUT2D eigenvalue weighted by Crippen LogP contribution is 2.24. The molecule has 5 nitrogen and oxygen atoms in total. The second kappa shape index (κ2) is 8.02. The second-order valence-corrected chi connectivity index (χ2v) is 7.36. The predicted molar refractivity (Wildman–Crippen MR) is 118 cm³/mol. The average Bonchev–Trinajstić information content (AvgIpc) is 3.32. The summed E-state index contributed by atoms with van der Waals surface area (Å²) < 4.78 is 13.5. The van der Waals surface area contributed by atoms with Crippen molar-refractivity contribution in [2.75, 3.05) is 7.11 Å². The lowest BCUT2D eigenvalue weighted by atomic mass is 10.2. The van der Waals surface area contributed by atoms with E-state index in [1.54, 1.807) is 12.1 Å². The largest absolute Gasteiger partial charge is 0.463 e. The molecule has 0 atom stereocenters. The van der Waals surface area contributed by atoms with Gasteiger partial charge in [0.1, 0.15) is 5.76 Å². The van der Waals surface area contributed by atoms with E-state index in [0.29, 0.717) is 12.3 Å². The summed E-state index contributed by atoms with van der Waals surface area (Å²) in [5, 5.41) is 1.11. The zero-order chi connectivity index (χ0) is 19.5. The maximum Gasteiger partial charge on any atom is 0.373 e. The van der Waals surface area contributed by atoms with Gasteiger partial charge in [0.15, 0.2) is 0 Å². The number of hydrogen-bond acceptors (Lipinski definition) is 4. The zero-order valence-corrected chi connectivity index (χ0v) is 17.3. The Hall–Kier alpha value is -2.87. The van der Waals surface area contributed by atoms with Crippen LogP contribution in [-0.2, 0) is 11.3 Å². The summed E-state index contributed by atoms with van der Waals surface area (Å²) in [4.78, 5) is 16.3. The standard InChI is InChI=1S/C22H17IN2O3/c1-27-22(26)21-11-10-16(28-21)14-25-13-15(17-6-2-5-9-20(17)25)12-24-19-8-4-3-7-18(19)23/h2-13H,14H2,1H3. The number of nitrogens with zero attached hydrogens (tertiary/aromatic N) is 2. The quantitative estimate of drug-likeness (QED) is 0.216. The number of hydrogen-bond donors (Lipinski definition) is 0. The molecule has 0 saturated carbocycles. The van der Waals surface area contributed by atoms with Crippen LogP contribution in [0.3, 0.4) is 0 Å². The topological polar surface area (TPSA) is 56.7 Å². The molecule has 140 valence electrons. The van der Waals surface area contributed by atoms with Gasteiger partial charge in [-0.3, -0.25) is 4.99 Å². The van der Waals surface area contributed by atoms with E-state index in [2.05, 4.69) is 44.3 Å². The van der Waals surface area contributed by atoms with Crippen molar-refractivity contribution in [1.82, 2.24) is 4.57 Å². The highest BCUT2D eigenvalue weighted by atomic mass is 127. The molecule has 0 aliphatic rings.